The molecule has 0 fully saturated rings. The zero-order valence-corrected chi connectivity index (χ0v) is 17.2. The van der Waals surface area contributed by atoms with Crippen molar-refractivity contribution in [3.8, 4) is 11.1 Å². The molecule has 12 heteroatoms. The molecule has 0 saturated heterocycles. The molecular formula is C20H16F3N5O3S. The van der Waals surface area contributed by atoms with E-state index in [0.717, 1.165) is 12.4 Å². The van der Waals surface area contributed by atoms with E-state index in [1.54, 1.807) is 16.9 Å². The number of pyridine rings is 1. The Morgan fingerprint density at radius 1 is 1.03 bits per heavy atom. The number of anilines is 1. The Morgan fingerprint density at radius 2 is 1.72 bits per heavy atom. The number of nitrogens with zero attached hydrogens (tertiary/aromatic N) is 3. The Hall–Kier alpha value is -3.54. The third-order valence-corrected chi connectivity index (χ3v) is 6.24. The predicted molar refractivity (Wildman–Crippen MR) is 108 cm³/mol. The molecule has 8 nitrogen and oxygen atoms in total. The van der Waals surface area contributed by atoms with Crippen molar-refractivity contribution in [3.63, 3.8) is 0 Å². The first kappa shape index (κ1) is 21.7. The summed E-state index contributed by atoms with van der Waals surface area (Å²) in [5, 5.41) is 1.41. The Bertz CT molecular complexity index is 1290. The smallest absolute Gasteiger partial charge is 0.306 e. The maximum Gasteiger partial charge on any atom is 0.333 e. The molecule has 166 valence electrons. The first-order valence-electron chi connectivity index (χ1n) is 9.45. The van der Waals surface area contributed by atoms with Crippen molar-refractivity contribution in [3.05, 3.63) is 65.6 Å². The number of alkyl halides is 2. The van der Waals surface area contributed by atoms with E-state index in [1.807, 2.05) is 0 Å². The molecule has 2 aromatic heterocycles. The maximum atomic E-state index is 14.6. The summed E-state index contributed by atoms with van der Waals surface area (Å²) < 4.78 is 67.6. The molecule has 0 spiro atoms. The molecule has 1 aromatic carbocycles. The van der Waals surface area contributed by atoms with Crippen LogP contribution < -0.4 is 10.0 Å². The molecule has 0 aliphatic heterocycles. The fraction of sp³-hybridized carbons (Fsp3) is 0.200. The van der Waals surface area contributed by atoms with Crippen LogP contribution in [0.5, 0.6) is 0 Å². The molecular weight excluding hydrogens is 447 g/mol. The number of fused-ring (bicyclic) bond motifs is 1. The number of aromatic nitrogens is 3. The number of amides is 2. The number of halogens is 3. The minimum atomic E-state index is -4.75. The largest absolute Gasteiger partial charge is 0.333 e. The summed E-state index contributed by atoms with van der Waals surface area (Å²) in [6, 6.07) is 3.29. The molecule has 0 bridgehead atoms. The molecule has 2 heterocycles. The number of hydrogen-bond donors (Lipinski definition) is 2. The molecule has 0 unspecified atom stereocenters. The van der Waals surface area contributed by atoms with Crippen molar-refractivity contribution < 1.29 is 26.4 Å². The minimum absolute atomic E-state index is 0.242. The van der Waals surface area contributed by atoms with Crippen LogP contribution in [0.1, 0.15) is 29.7 Å². The number of hydrogen-bond acceptors (Lipinski definition) is 6. The first-order valence-corrected chi connectivity index (χ1v) is 10.9. The predicted octanol–water partition coefficient (Wildman–Crippen LogP) is 3.61. The van der Waals surface area contributed by atoms with Crippen molar-refractivity contribution in [2.75, 3.05) is 5.32 Å². The standard InChI is InChI=1S/C20H16F3N5O3S/c21-15-10-14(11-4-6-24-7-5-11)16(13-3-1-2-12(13)15)27-20(29)28-32(30,31)19-17(18(22)23)25-8-9-26-19/h4-10,18H,1-3H2,(H2,27,28,29). The van der Waals surface area contributed by atoms with E-state index in [0.29, 0.717) is 41.5 Å². The highest BCUT2D eigenvalue weighted by molar-refractivity contribution is 7.90. The number of carbonyl (C=O) groups excluding carboxylic acids is 1. The topological polar surface area (TPSA) is 114 Å². The lowest BCUT2D eigenvalue weighted by Crippen LogP contribution is -2.36. The van der Waals surface area contributed by atoms with Crippen molar-refractivity contribution >= 4 is 21.7 Å². The summed E-state index contributed by atoms with van der Waals surface area (Å²) in [6.45, 7) is 0. The number of carbonyl (C=O) groups is 1. The van der Waals surface area contributed by atoms with Crippen LogP contribution in [-0.4, -0.2) is 29.4 Å². The van der Waals surface area contributed by atoms with Crippen LogP contribution >= 0.6 is 0 Å². The Morgan fingerprint density at radius 3 is 2.44 bits per heavy atom. The highest BCUT2D eigenvalue weighted by Crippen LogP contribution is 2.39. The number of nitrogens with one attached hydrogen (secondary N) is 2. The van der Waals surface area contributed by atoms with E-state index in [1.165, 1.54) is 18.5 Å². The summed E-state index contributed by atoms with van der Waals surface area (Å²) in [7, 11) is -4.75. The van der Waals surface area contributed by atoms with Gasteiger partial charge in [0.25, 0.3) is 16.4 Å². The molecule has 2 amide bonds. The number of sulfonamides is 1. The van der Waals surface area contributed by atoms with Gasteiger partial charge in [0.15, 0.2) is 0 Å². The molecule has 0 atom stereocenters. The molecule has 3 aromatic rings. The van der Waals surface area contributed by atoms with Gasteiger partial charge in [0.05, 0.1) is 5.69 Å². The Labute approximate surface area is 181 Å². The van der Waals surface area contributed by atoms with E-state index >= 15 is 0 Å². The number of rotatable bonds is 5. The zero-order valence-electron chi connectivity index (χ0n) is 16.3. The van der Waals surface area contributed by atoms with Crippen LogP contribution in [0.2, 0.25) is 0 Å². The van der Waals surface area contributed by atoms with Gasteiger partial charge in [-0.15, -0.1) is 0 Å². The van der Waals surface area contributed by atoms with Crippen molar-refractivity contribution in [2.24, 2.45) is 0 Å². The number of benzene rings is 1. The van der Waals surface area contributed by atoms with Crippen LogP contribution in [-0.2, 0) is 22.9 Å². The van der Waals surface area contributed by atoms with Crippen LogP contribution in [0.15, 0.2) is 48.0 Å². The van der Waals surface area contributed by atoms with Gasteiger partial charge in [-0.1, -0.05) is 0 Å². The fourth-order valence-electron chi connectivity index (χ4n) is 3.64. The summed E-state index contributed by atoms with van der Waals surface area (Å²) in [5.41, 5.74) is 1.05. The maximum absolute atomic E-state index is 14.6. The van der Waals surface area contributed by atoms with E-state index < -0.39 is 39.0 Å². The van der Waals surface area contributed by atoms with Gasteiger partial charge in [0.1, 0.15) is 11.5 Å². The lowest BCUT2D eigenvalue weighted by Gasteiger charge is -2.17. The van der Waals surface area contributed by atoms with Gasteiger partial charge < -0.3 is 5.32 Å². The second kappa shape index (κ2) is 8.54. The highest BCUT2D eigenvalue weighted by atomic mass is 32.2. The molecule has 0 radical (unpaired) electrons. The lowest BCUT2D eigenvalue weighted by molar-refractivity contribution is 0.141. The third kappa shape index (κ3) is 4.13. The fourth-order valence-corrected chi connectivity index (χ4v) is 4.64. The molecule has 32 heavy (non-hydrogen) atoms. The third-order valence-electron chi connectivity index (χ3n) is 4.96. The van der Waals surface area contributed by atoms with Gasteiger partial charge in [-0.05, 0) is 54.2 Å². The summed E-state index contributed by atoms with van der Waals surface area (Å²) >= 11 is 0. The Kier molecular flexibility index (Phi) is 5.78. The zero-order chi connectivity index (χ0) is 22.9. The highest BCUT2D eigenvalue weighted by Gasteiger charge is 2.29. The summed E-state index contributed by atoms with van der Waals surface area (Å²) in [5.74, 6) is -0.427. The quantitative estimate of drug-likeness (QED) is 0.598. The van der Waals surface area contributed by atoms with Gasteiger partial charge in [-0.25, -0.2) is 27.7 Å². The summed E-state index contributed by atoms with van der Waals surface area (Å²) in [6.07, 6.45) is 3.24. The van der Waals surface area contributed by atoms with E-state index in [4.69, 9.17) is 0 Å². The number of urea groups is 1. The summed E-state index contributed by atoms with van der Waals surface area (Å²) in [4.78, 5) is 23.3. The van der Waals surface area contributed by atoms with Crippen LogP contribution in [0.3, 0.4) is 0 Å². The van der Waals surface area contributed by atoms with Gasteiger partial charge in [0, 0.05) is 30.4 Å². The monoisotopic (exact) mass is 463 g/mol. The van der Waals surface area contributed by atoms with Crippen molar-refractivity contribution in [2.45, 2.75) is 30.7 Å². The van der Waals surface area contributed by atoms with Gasteiger partial charge >= 0.3 is 6.03 Å². The first-order chi connectivity index (χ1) is 15.3. The minimum Gasteiger partial charge on any atom is -0.306 e. The van der Waals surface area contributed by atoms with Crippen LogP contribution in [0.4, 0.5) is 23.7 Å². The van der Waals surface area contributed by atoms with Gasteiger partial charge in [0.2, 0.25) is 5.03 Å². The van der Waals surface area contributed by atoms with E-state index in [2.05, 4.69) is 20.3 Å². The SMILES string of the molecule is O=C(Nc1c(-c2ccncc2)cc(F)c2c1CCC2)NS(=O)(=O)c1nccnc1C(F)F. The molecule has 1 aliphatic rings. The molecule has 0 saturated carbocycles. The van der Waals surface area contributed by atoms with E-state index in [9.17, 15) is 26.4 Å². The van der Waals surface area contributed by atoms with Gasteiger partial charge in [-0.3, -0.25) is 9.97 Å². The van der Waals surface area contributed by atoms with E-state index in [-0.39, 0.29) is 5.69 Å². The lowest BCUT2D eigenvalue weighted by atomic mass is 9.97. The van der Waals surface area contributed by atoms with Crippen LogP contribution in [0.25, 0.3) is 11.1 Å². The second-order valence-electron chi connectivity index (χ2n) is 6.93. The van der Waals surface area contributed by atoms with Crippen molar-refractivity contribution in [1.29, 1.82) is 0 Å². The average molecular weight is 463 g/mol. The second-order valence-corrected chi connectivity index (χ2v) is 8.53. The van der Waals surface area contributed by atoms with Gasteiger partial charge in [-0.2, -0.15) is 8.42 Å². The average Bonchev–Trinajstić information content (AvgIpc) is 3.26. The normalized spacial score (nSPS) is 13.1. The molecule has 1 aliphatic carbocycles. The Balaban J connectivity index is 1.69. The van der Waals surface area contributed by atoms with Crippen molar-refractivity contribution in [1.82, 2.24) is 19.7 Å². The molecule has 4 rings (SSSR count). The van der Waals surface area contributed by atoms with Crippen LogP contribution in [0, 0.1) is 5.82 Å². The molecule has 2 N–H and O–H groups in total.